The number of fused-ring (bicyclic) bond motifs is 1. The van der Waals surface area contributed by atoms with Crippen LogP contribution in [0.1, 0.15) is 32.3 Å². The lowest BCUT2D eigenvalue weighted by atomic mass is 10.0. The van der Waals surface area contributed by atoms with Crippen LogP contribution in [0.3, 0.4) is 0 Å². The first-order valence-electron chi connectivity index (χ1n) is 9.84. The van der Waals surface area contributed by atoms with E-state index in [4.69, 9.17) is 0 Å². The van der Waals surface area contributed by atoms with Crippen LogP contribution in [0.5, 0.6) is 0 Å². The van der Waals surface area contributed by atoms with Crippen LogP contribution in [0.4, 0.5) is 4.79 Å². The number of amides is 2. The molecule has 26 heavy (non-hydrogen) atoms. The number of rotatable bonds is 6. The Kier molecular flexibility index (Phi) is 6.51. The molecule has 2 aromatic rings. The molecule has 4 nitrogen and oxygen atoms in total. The molecule has 0 bridgehead atoms. The molecule has 3 rings (SSSR count). The minimum Gasteiger partial charge on any atom is -0.338 e. The van der Waals surface area contributed by atoms with Crippen LogP contribution < -0.4 is 10.6 Å². The molecule has 0 atom stereocenters. The topological polar surface area (TPSA) is 44.4 Å². The van der Waals surface area contributed by atoms with Gasteiger partial charge in [-0.15, -0.1) is 0 Å². The number of hydrogen-bond donors (Lipinski definition) is 2. The molecule has 0 saturated carbocycles. The zero-order valence-corrected chi connectivity index (χ0v) is 16.0. The van der Waals surface area contributed by atoms with Crippen molar-refractivity contribution < 1.29 is 4.79 Å². The van der Waals surface area contributed by atoms with E-state index in [9.17, 15) is 4.79 Å². The molecule has 0 unspecified atom stereocenters. The van der Waals surface area contributed by atoms with Gasteiger partial charge in [-0.1, -0.05) is 56.3 Å². The summed E-state index contributed by atoms with van der Waals surface area (Å²) in [5.74, 6) is 0.706. The van der Waals surface area contributed by atoms with E-state index in [1.54, 1.807) is 0 Å². The first-order chi connectivity index (χ1) is 12.6. The standard InChI is InChI=1S/C22H31N3O/c1-17(2)16-25-13-10-21(11-14-25)24-22(26)23-12-9-18-7-8-19-5-3-4-6-20(19)15-18/h3-8,15,17,21H,9-14,16H2,1-2H3,(H2,23,24,26). The maximum absolute atomic E-state index is 12.1. The predicted molar refractivity (Wildman–Crippen MR) is 108 cm³/mol. The lowest BCUT2D eigenvalue weighted by molar-refractivity contribution is 0.178. The van der Waals surface area contributed by atoms with Crippen molar-refractivity contribution in [3.05, 3.63) is 48.0 Å². The smallest absolute Gasteiger partial charge is 0.315 e. The van der Waals surface area contributed by atoms with Crippen molar-refractivity contribution in [2.24, 2.45) is 5.92 Å². The maximum Gasteiger partial charge on any atom is 0.315 e. The zero-order chi connectivity index (χ0) is 18.4. The van der Waals surface area contributed by atoms with Gasteiger partial charge in [0.2, 0.25) is 0 Å². The van der Waals surface area contributed by atoms with Gasteiger partial charge < -0.3 is 15.5 Å². The quantitative estimate of drug-likeness (QED) is 0.830. The Morgan fingerprint density at radius 3 is 2.58 bits per heavy atom. The first-order valence-corrected chi connectivity index (χ1v) is 9.84. The highest BCUT2D eigenvalue weighted by molar-refractivity contribution is 5.83. The first kappa shape index (κ1) is 18.7. The molecule has 140 valence electrons. The van der Waals surface area contributed by atoms with Gasteiger partial charge in [0.25, 0.3) is 0 Å². The highest BCUT2D eigenvalue weighted by Gasteiger charge is 2.20. The molecule has 1 aliphatic rings. The average molecular weight is 354 g/mol. The largest absolute Gasteiger partial charge is 0.338 e. The summed E-state index contributed by atoms with van der Waals surface area (Å²) in [4.78, 5) is 14.6. The van der Waals surface area contributed by atoms with Crippen molar-refractivity contribution >= 4 is 16.8 Å². The second-order valence-electron chi connectivity index (χ2n) is 7.80. The van der Waals surface area contributed by atoms with Crippen LogP contribution in [-0.2, 0) is 6.42 Å². The number of nitrogens with zero attached hydrogens (tertiary/aromatic N) is 1. The fourth-order valence-corrected chi connectivity index (χ4v) is 3.73. The van der Waals surface area contributed by atoms with Crippen LogP contribution >= 0.6 is 0 Å². The van der Waals surface area contributed by atoms with Crippen LogP contribution in [0, 0.1) is 5.92 Å². The lowest BCUT2D eigenvalue weighted by Crippen LogP contribution is -2.48. The Balaban J connectivity index is 1.37. The van der Waals surface area contributed by atoms with E-state index >= 15 is 0 Å². The molecule has 4 heteroatoms. The molecule has 2 aromatic carbocycles. The van der Waals surface area contributed by atoms with Gasteiger partial charge in [-0.05, 0) is 41.5 Å². The second-order valence-corrected chi connectivity index (χ2v) is 7.80. The summed E-state index contributed by atoms with van der Waals surface area (Å²) < 4.78 is 0. The molecule has 1 saturated heterocycles. The molecule has 2 N–H and O–H groups in total. The summed E-state index contributed by atoms with van der Waals surface area (Å²) in [6.45, 7) is 8.50. The van der Waals surface area contributed by atoms with E-state index in [-0.39, 0.29) is 6.03 Å². The lowest BCUT2D eigenvalue weighted by Gasteiger charge is -2.33. The number of likely N-dealkylation sites (tertiary alicyclic amines) is 1. The van der Waals surface area contributed by atoms with E-state index in [1.165, 1.54) is 16.3 Å². The number of urea groups is 1. The molecule has 2 amide bonds. The third kappa shape index (κ3) is 5.46. The summed E-state index contributed by atoms with van der Waals surface area (Å²) >= 11 is 0. The average Bonchev–Trinajstić information content (AvgIpc) is 2.63. The highest BCUT2D eigenvalue weighted by atomic mass is 16.2. The van der Waals surface area contributed by atoms with Gasteiger partial charge in [-0.25, -0.2) is 4.79 Å². The summed E-state index contributed by atoms with van der Waals surface area (Å²) in [5, 5.41) is 8.65. The predicted octanol–water partition coefficient (Wildman–Crippen LogP) is 3.80. The fourth-order valence-electron chi connectivity index (χ4n) is 3.73. The molecule has 1 fully saturated rings. The van der Waals surface area contributed by atoms with Crippen molar-refractivity contribution in [3.8, 4) is 0 Å². The van der Waals surface area contributed by atoms with Crippen LogP contribution in [-0.4, -0.2) is 43.2 Å². The molecule has 0 aromatic heterocycles. The zero-order valence-electron chi connectivity index (χ0n) is 16.0. The SMILES string of the molecule is CC(C)CN1CCC(NC(=O)NCCc2ccc3ccccc3c2)CC1. The Hall–Kier alpha value is -2.07. The van der Waals surface area contributed by atoms with Gasteiger partial charge in [0.15, 0.2) is 0 Å². The summed E-state index contributed by atoms with van der Waals surface area (Å²) in [6, 6.07) is 15.1. The van der Waals surface area contributed by atoms with Gasteiger partial charge in [-0.2, -0.15) is 0 Å². The Morgan fingerprint density at radius 1 is 1.12 bits per heavy atom. The Morgan fingerprint density at radius 2 is 1.85 bits per heavy atom. The number of nitrogens with one attached hydrogen (secondary N) is 2. The van der Waals surface area contributed by atoms with Crippen molar-refractivity contribution in [2.75, 3.05) is 26.2 Å². The van der Waals surface area contributed by atoms with Crippen LogP contribution in [0.25, 0.3) is 10.8 Å². The van der Waals surface area contributed by atoms with Crippen molar-refractivity contribution in [1.29, 1.82) is 0 Å². The molecule has 0 spiro atoms. The number of piperidine rings is 1. The third-order valence-electron chi connectivity index (χ3n) is 5.06. The van der Waals surface area contributed by atoms with E-state index in [0.717, 1.165) is 38.9 Å². The van der Waals surface area contributed by atoms with E-state index in [1.807, 2.05) is 0 Å². The number of carbonyl (C=O) groups is 1. The molecule has 0 aliphatic carbocycles. The third-order valence-corrected chi connectivity index (χ3v) is 5.06. The summed E-state index contributed by atoms with van der Waals surface area (Å²) in [5.41, 5.74) is 1.26. The van der Waals surface area contributed by atoms with Gasteiger partial charge in [0.05, 0.1) is 0 Å². The number of benzene rings is 2. The van der Waals surface area contributed by atoms with Gasteiger partial charge in [0.1, 0.15) is 0 Å². The fraction of sp³-hybridized carbons (Fsp3) is 0.500. The van der Waals surface area contributed by atoms with Crippen molar-refractivity contribution in [2.45, 2.75) is 39.2 Å². The van der Waals surface area contributed by atoms with E-state index < -0.39 is 0 Å². The minimum absolute atomic E-state index is 0.0342. The van der Waals surface area contributed by atoms with E-state index in [0.29, 0.717) is 18.5 Å². The van der Waals surface area contributed by atoms with Gasteiger partial charge in [0, 0.05) is 32.2 Å². The van der Waals surface area contributed by atoms with Crippen molar-refractivity contribution in [3.63, 3.8) is 0 Å². The molecular weight excluding hydrogens is 322 g/mol. The highest BCUT2D eigenvalue weighted by Crippen LogP contribution is 2.16. The van der Waals surface area contributed by atoms with Gasteiger partial charge in [-0.3, -0.25) is 0 Å². The second kappa shape index (κ2) is 9.04. The molecule has 0 radical (unpaired) electrons. The molecule has 1 heterocycles. The van der Waals surface area contributed by atoms with Crippen LogP contribution in [0.15, 0.2) is 42.5 Å². The molecule has 1 aliphatic heterocycles. The number of hydrogen-bond acceptors (Lipinski definition) is 2. The van der Waals surface area contributed by atoms with Gasteiger partial charge >= 0.3 is 6.03 Å². The Bertz CT molecular complexity index is 720. The normalized spacial score (nSPS) is 16.1. The number of carbonyl (C=O) groups excluding carboxylic acids is 1. The van der Waals surface area contributed by atoms with Crippen molar-refractivity contribution in [1.82, 2.24) is 15.5 Å². The summed E-state index contributed by atoms with van der Waals surface area (Å²) in [6.07, 6.45) is 2.95. The summed E-state index contributed by atoms with van der Waals surface area (Å²) in [7, 11) is 0. The minimum atomic E-state index is -0.0342. The van der Waals surface area contributed by atoms with E-state index in [2.05, 4.69) is 71.8 Å². The Labute approximate surface area is 157 Å². The monoisotopic (exact) mass is 353 g/mol. The molecular formula is C22H31N3O. The van der Waals surface area contributed by atoms with Crippen LogP contribution in [0.2, 0.25) is 0 Å². The maximum atomic E-state index is 12.1.